The van der Waals surface area contributed by atoms with E-state index in [9.17, 15) is 0 Å². The first kappa shape index (κ1) is 13.2. The molecule has 2 fully saturated rings. The normalized spacial score (nSPS) is 21.7. The first-order chi connectivity index (χ1) is 9.20. The minimum absolute atomic E-state index is 0.798. The van der Waals surface area contributed by atoms with Crippen LogP contribution < -0.4 is 5.73 Å². The number of hydrogen-bond acceptors (Lipinski definition) is 3. The molecule has 0 bridgehead atoms. The molecular weight excluding hydrogens is 258 g/mol. The van der Waals surface area contributed by atoms with Crippen molar-refractivity contribution in [1.82, 2.24) is 9.80 Å². The summed E-state index contributed by atoms with van der Waals surface area (Å²) in [6.07, 6.45) is 2.89. The van der Waals surface area contributed by atoms with Crippen molar-refractivity contribution in [1.29, 1.82) is 0 Å². The molecule has 1 aromatic carbocycles. The van der Waals surface area contributed by atoms with E-state index in [4.69, 9.17) is 17.3 Å². The predicted molar refractivity (Wildman–Crippen MR) is 80.3 cm³/mol. The third-order valence-electron chi connectivity index (χ3n) is 4.14. The lowest BCUT2D eigenvalue weighted by atomic mass is 10.1. The fourth-order valence-corrected chi connectivity index (χ4v) is 2.93. The van der Waals surface area contributed by atoms with Crippen LogP contribution >= 0.6 is 11.6 Å². The molecule has 1 saturated carbocycles. The number of nitrogen functional groups attached to an aromatic ring is 1. The number of rotatable bonds is 4. The third-order valence-corrected chi connectivity index (χ3v) is 4.51. The van der Waals surface area contributed by atoms with E-state index in [1.54, 1.807) is 0 Å². The summed E-state index contributed by atoms with van der Waals surface area (Å²) in [6.45, 7) is 6.89. The highest BCUT2D eigenvalue weighted by Crippen LogP contribution is 2.30. The van der Waals surface area contributed by atoms with Crippen molar-refractivity contribution in [3.63, 3.8) is 0 Å². The fraction of sp³-hybridized carbons (Fsp3) is 0.600. The molecule has 2 N–H and O–H groups in total. The highest BCUT2D eigenvalue weighted by atomic mass is 35.5. The van der Waals surface area contributed by atoms with Gasteiger partial charge in [0.25, 0.3) is 0 Å². The number of benzene rings is 1. The van der Waals surface area contributed by atoms with Gasteiger partial charge in [-0.3, -0.25) is 4.90 Å². The van der Waals surface area contributed by atoms with Crippen LogP contribution in [0.4, 0.5) is 5.69 Å². The zero-order valence-electron chi connectivity index (χ0n) is 11.3. The number of piperazine rings is 1. The van der Waals surface area contributed by atoms with Gasteiger partial charge in [-0.15, -0.1) is 0 Å². The van der Waals surface area contributed by atoms with Crippen LogP contribution in [0.2, 0.25) is 5.02 Å². The molecule has 0 aromatic heterocycles. The number of nitrogens with two attached hydrogens (primary N) is 1. The Labute approximate surface area is 120 Å². The molecule has 0 atom stereocenters. The molecule has 3 nitrogen and oxygen atoms in total. The summed E-state index contributed by atoms with van der Waals surface area (Å²) in [5.74, 6) is 0.995. The second-order valence-electron chi connectivity index (χ2n) is 5.87. The largest absolute Gasteiger partial charge is 0.399 e. The van der Waals surface area contributed by atoms with Gasteiger partial charge in [-0.2, -0.15) is 0 Å². The highest BCUT2D eigenvalue weighted by Gasteiger charge is 2.26. The fourth-order valence-electron chi connectivity index (χ4n) is 2.75. The maximum absolute atomic E-state index is 6.23. The van der Waals surface area contributed by atoms with E-state index in [0.717, 1.165) is 41.8 Å². The minimum atomic E-state index is 0.798. The SMILES string of the molecule is Nc1ccc(Cl)c(CN2CCN(CC3CC3)CC2)c1. The standard InChI is InChI=1S/C15H22ClN3/c16-15-4-3-14(17)9-13(15)11-19-7-5-18(6-8-19)10-12-1-2-12/h3-4,9,12H,1-2,5-8,10-11,17H2. The molecule has 0 amide bonds. The molecular formula is C15H22ClN3. The molecule has 1 aromatic rings. The third kappa shape index (κ3) is 3.62. The smallest absolute Gasteiger partial charge is 0.0452 e. The Morgan fingerprint density at radius 1 is 1.11 bits per heavy atom. The lowest BCUT2D eigenvalue weighted by Gasteiger charge is -2.34. The predicted octanol–water partition coefficient (Wildman–Crippen LogP) is 2.45. The number of hydrogen-bond donors (Lipinski definition) is 1. The Bertz CT molecular complexity index is 437. The van der Waals surface area contributed by atoms with Gasteiger partial charge in [0.2, 0.25) is 0 Å². The van der Waals surface area contributed by atoms with E-state index in [2.05, 4.69) is 9.80 Å². The van der Waals surface area contributed by atoms with Crippen molar-refractivity contribution in [3.05, 3.63) is 28.8 Å². The zero-order chi connectivity index (χ0) is 13.2. The first-order valence-corrected chi connectivity index (χ1v) is 7.57. The van der Waals surface area contributed by atoms with E-state index in [-0.39, 0.29) is 0 Å². The molecule has 1 heterocycles. The summed E-state index contributed by atoms with van der Waals surface area (Å²) in [4.78, 5) is 5.08. The van der Waals surface area contributed by atoms with Gasteiger partial charge in [0.1, 0.15) is 0 Å². The van der Waals surface area contributed by atoms with E-state index in [1.807, 2.05) is 18.2 Å². The maximum atomic E-state index is 6.23. The quantitative estimate of drug-likeness (QED) is 0.860. The summed E-state index contributed by atoms with van der Waals surface area (Å²) >= 11 is 6.23. The Morgan fingerprint density at radius 3 is 2.47 bits per heavy atom. The van der Waals surface area contributed by atoms with Crippen molar-refractivity contribution in [3.8, 4) is 0 Å². The van der Waals surface area contributed by atoms with E-state index in [0.29, 0.717) is 0 Å². The molecule has 104 valence electrons. The van der Waals surface area contributed by atoms with Crippen molar-refractivity contribution in [2.75, 3.05) is 38.5 Å². The van der Waals surface area contributed by atoms with Gasteiger partial charge >= 0.3 is 0 Å². The summed E-state index contributed by atoms with van der Waals surface area (Å²) in [5.41, 5.74) is 7.78. The van der Waals surface area contributed by atoms with Gasteiger partial charge in [0.05, 0.1) is 0 Å². The number of nitrogens with zero attached hydrogens (tertiary/aromatic N) is 2. The Hall–Kier alpha value is -0.770. The lowest BCUT2D eigenvalue weighted by Crippen LogP contribution is -2.46. The zero-order valence-corrected chi connectivity index (χ0v) is 12.1. The van der Waals surface area contributed by atoms with Crippen molar-refractivity contribution >= 4 is 17.3 Å². The van der Waals surface area contributed by atoms with Crippen LogP contribution in [0.3, 0.4) is 0 Å². The van der Waals surface area contributed by atoms with Crippen LogP contribution in [-0.2, 0) is 6.54 Å². The average Bonchev–Trinajstić information content (AvgIpc) is 3.20. The van der Waals surface area contributed by atoms with Gasteiger partial charge in [-0.25, -0.2) is 0 Å². The molecule has 1 aliphatic heterocycles. The molecule has 3 rings (SSSR count). The monoisotopic (exact) mass is 279 g/mol. The van der Waals surface area contributed by atoms with Crippen LogP contribution in [0.15, 0.2) is 18.2 Å². The van der Waals surface area contributed by atoms with Crippen LogP contribution in [0.25, 0.3) is 0 Å². The summed E-state index contributed by atoms with van der Waals surface area (Å²) in [7, 11) is 0. The highest BCUT2D eigenvalue weighted by molar-refractivity contribution is 6.31. The molecule has 4 heteroatoms. The van der Waals surface area contributed by atoms with Gasteiger partial charge < -0.3 is 10.6 Å². The van der Waals surface area contributed by atoms with Crippen LogP contribution in [0.5, 0.6) is 0 Å². The summed E-state index contributed by atoms with van der Waals surface area (Å²) < 4.78 is 0. The Morgan fingerprint density at radius 2 is 1.79 bits per heavy atom. The van der Waals surface area contributed by atoms with Crippen molar-refractivity contribution in [2.24, 2.45) is 5.92 Å². The Kier molecular flexibility index (Phi) is 3.96. The second-order valence-corrected chi connectivity index (χ2v) is 6.28. The lowest BCUT2D eigenvalue weighted by molar-refractivity contribution is 0.123. The van der Waals surface area contributed by atoms with Gasteiger partial charge in [0.15, 0.2) is 0 Å². The minimum Gasteiger partial charge on any atom is -0.399 e. The van der Waals surface area contributed by atoms with Crippen LogP contribution in [0, 0.1) is 5.92 Å². The first-order valence-electron chi connectivity index (χ1n) is 7.19. The topological polar surface area (TPSA) is 32.5 Å². The van der Waals surface area contributed by atoms with Gasteiger partial charge in [0, 0.05) is 50.0 Å². The molecule has 19 heavy (non-hydrogen) atoms. The average molecular weight is 280 g/mol. The van der Waals surface area contributed by atoms with Crippen LogP contribution in [0.1, 0.15) is 18.4 Å². The summed E-state index contributed by atoms with van der Waals surface area (Å²) in [5, 5.41) is 0.828. The Balaban J connectivity index is 1.52. The van der Waals surface area contributed by atoms with Crippen molar-refractivity contribution in [2.45, 2.75) is 19.4 Å². The molecule has 0 radical (unpaired) electrons. The molecule has 2 aliphatic rings. The van der Waals surface area contributed by atoms with E-state index in [1.165, 1.54) is 32.5 Å². The number of anilines is 1. The van der Waals surface area contributed by atoms with Gasteiger partial charge in [-0.1, -0.05) is 11.6 Å². The van der Waals surface area contributed by atoms with Crippen LogP contribution in [-0.4, -0.2) is 42.5 Å². The van der Waals surface area contributed by atoms with E-state index >= 15 is 0 Å². The van der Waals surface area contributed by atoms with Gasteiger partial charge in [-0.05, 0) is 42.5 Å². The molecule has 0 unspecified atom stereocenters. The molecule has 1 saturated heterocycles. The molecule has 1 aliphatic carbocycles. The number of halogens is 1. The second kappa shape index (κ2) is 5.70. The van der Waals surface area contributed by atoms with Crippen molar-refractivity contribution < 1.29 is 0 Å². The summed E-state index contributed by atoms with van der Waals surface area (Å²) in [6, 6.07) is 5.76. The molecule has 0 spiro atoms. The van der Waals surface area contributed by atoms with E-state index < -0.39 is 0 Å². The maximum Gasteiger partial charge on any atom is 0.0452 e.